The number of likely N-dealkylation sites (tertiary alicyclic amines) is 1. The maximum Gasteiger partial charge on any atom is 0.417 e. The number of aryl methyl sites for hydroxylation is 1. The Kier molecular flexibility index (Phi) is 7.95. The first-order valence-electron chi connectivity index (χ1n) is 11.2. The van der Waals surface area contributed by atoms with Crippen LogP contribution in [0.2, 0.25) is 0 Å². The van der Waals surface area contributed by atoms with Gasteiger partial charge in [0.25, 0.3) is 11.8 Å². The topological polar surface area (TPSA) is 94.0 Å². The van der Waals surface area contributed by atoms with E-state index in [1.807, 2.05) is 0 Å². The summed E-state index contributed by atoms with van der Waals surface area (Å²) in [6.07, 6.45) is -2.94. The molecule has 1 amide bonds. The van der Waals surface area contributed by atoms with Gasteiger partial charge in [-0.15, -0.1) is 0 Å². The lowest BCUT2D eigenvalue weighted by Crippen LogP contribution is -2.58. The molecule has 36 heavy (non-hydrogen) atoms. The fourth-order valence-electron chi connectivity index (χ4n) is 4.12. The number of carbonyl (C=O) groups excluding carboxylic acids is 1. The molecule has 0 spiro atoms. The first-order valence-corrected chi connectivity index (χ1v) is 11.2. The van der Waals surface area contributed by atoms with E-state index in [4.69, 9.17) is 5.41 Å². The predicted octanol–water partition coefficient (Wildman–Crippen LogP) is 4.37. The number of nitrogens with zero attached hydrogens (tertiary/aromatic N) is 3. The van der Waals surface area contributed by atoms with Crippen LogP contribution in [-0.4, -0.2) is 58.6 Å². The Balaban J connectivity index is 1.84. The molecule has 0 aromatic carbocycles. The summed E-state index contributed by atoms with van der Waals surface area (Å²) in [5.74, 6) is -4.62. The highest BCUT2D eigenvalue weighted by molar-refractivity contribution is 6.54. The van der Waals surface area contributed by atoms with Gasteiger partial charge in [0, 0.05) is 43.7 Å². The fourth-order valence-corrected chi connectivity index (χ4v) is 4.12. The van der Waals surface area contributed by atoms with E-state index in [1.54, 1.807) is 39.1 Å². The molecule has 2 aromatic heterocycles. The van der Waals surface area contributed by atoms with Crippen molar-refractivity contribution in [3.05, 3.63) is 59.7 Å². The number of anilines is 1. The minimum Gasteiger partial charge on any atom is -0.393 e. The number of hydrogen-bond donors (Lipinski definition) is 3. The van der Waals surface area contributed by atoms with Gasteiger partial charge in [-0.1, -0.05) is 13.0 Å². The van der Waals surface area contributed by atoms with Crippen LogP contribution in [-0.2, 0) is 11.0 Å². The van der Waals surface area contributed by atoms with Crippen LogP contribution < -0.4 is 10.6 Å². The number of alkyl halides is 5. The number of amides is 1. The third-order valence-corrected chi connectivity index (χ3v) is 5.86. The van der Waals surface area contributed by atoms with Crippen LogP contribution in [0.15, 0.2) is 42.7 Å². The molecular formula is C24H27F5N6O. The number of carbonyl (C=O) groups is 1. The minimum atomic E-state index is -4.54. The second-order valence-corrected chi connectivity index (χ2v) is 8.73. The zero-order chi connectivity index (χ0) is 26.7. The third kappa shape index (κ3) is 6.35. The molecule has 2 unspecified atom stereocenters. The van der Waals surface area contributed by atoms with E-state index in [0.717, 1.165) is 17.0 Å². The summed E-state index contributed by atoms with van der Waals surface area (Å²) in [6.45, 7) is 2.38. The molecule has 1 fully saturated rings. The van der Waals surface area contributed by atoms with Gasteiger partial charge in [0.15, 0.2) is 0 Å². The largest absolute Gasteiger partial charge is 0.417 e. The molecule has 0 aliphatic carbocycles. The molecular weight excluding hydrogens is 483 g/mol. The predicted molar refractivity (Wildman–Crippen MR) is 126 cm³/mol. The van der Waals surface area contributed by atoms with Gasteiger partial charge in [0.2, 0.25) is 0 Å². The Bertz CT molecular complexity index is 1130. The van der Waals surface area contributed by atoms with Gasteiger partial charge in [0.1, 0.15) is 11.5 Å². The van der Waals surface area contributed by atoms with Crippen LogP contribution in [0.5, 0.6) is 0 Å². The summed E-state index contributed by atoms with van der Waals surface area (Å²) in [5.41, 5.74) is -0.298. The SMILES string of the molecule is CN/C=C(\C(=N)C(=O)N1CC(F)(F)CC(C)C1CNc1ccc(C(F)(F)F)cn1)c1cccc(C)n1. The van der Waals surface area contributed by atoms with Crippen LogP contribution in [0.1, 0.15) is 30.3 Å². The van der Waals surface area contributed by atoms with Crippen LogP contribution in [0.3, 0.4) is 0 Å². The van der Waals surface area contributed by atoms with Crippen molar-refractivity contribution in [2.24, 2.45) is 5.92 Å². The van der Waals surface area contributed by atoms with Crippen LogP contribution >= 0.6 is 0 Å². The lowest BCUT2D eigenvalue weighted by atomic mass is 9.87. The first kappa shape index (κ1) is 27.0. The van der Waals surface area contributed by atoms with Crippen molar-refractivity contribution in [2.45, 2.75) is 38.4 Å². The van der Waals surface area contributed by atoms with E-state index in [1.165, 1.54) is 6.20 Å². The summed E-state index contributed by atoms with van der Waals surface area (Å²) in [4.78, 5) is 22.4. The molecule has 1 aliphatic heterocycles. The van der Waals surface area contributed by atoms with Gasteiger partial charge in [0.05, 0.1) is 23.8 Å². The maximum absolute atomic E-state index is 14.5. The van der Waals surface area contributed by atoms with E-state index in [9.17, 15) is 26.7 Å². The summed E-state index contributed by atoms with van der Waals surface area (Å²) >= 11 is 0. The highest BCUT2D eigenvalue weighted by Gasteiger charge is 2.46. The van der Waals surface area contributed by atoms with Gasteiger partial charge in [-0.3, -0.25) is 15.2 Å². The fraction of sp³-hybridized carbons (Fsp3) is 0.417. The van der Waals surface area contributed by atoms with Gasteiger partial charge >= 0.3 is 6.18 Å². The van der Waals surface area contributed by atoms with Crippen molar-refractivity contribution >= 4 is 23.0 Å². The average molecular weight is 511 g/mol. The molecule has 2 aromatic rings. The minimum absolute atomic E-state index is 0.0393. The second kappa shape index (κ2) is 10.6. The summed E-state index contributed by atoms with van der Waals surface area (Å²) in [5, 5.41) is 14.1. The van der Waals surface area contributed by atoms with Crippen LogP contribution in [0.25, 0.3) is 5.57 Å². The monoisotopic (exact) mass is 510 g/mol. The summed E-state index contributed by atoms with van der Waals surface area (Å²) < 4.78 is 67.4. The van der Waals surface area contributed by atoms with Gasteiger partial charge < -0.3 is 15.5 Å². The number of halogens is 5. The number of hydrogen-bond acceptors (Lipinski definition) is 6. The van der Waals surface area contributed by atoms with Gasteiger partial charge in [-0.05, 0) is 37.1 Å². The molecule has 1 saturated heterocycles. The van der Waals surface area contributed by atoms with Crippen molar-refractivity contribution in [2.75, 3.05) is 25.5 Å². The summed E-state index contributed by atoms with van der Waals surface area (Å²) in [7, 11) is 1.58. The maximum atomic E-state index is 14.5. The number of aromatic nitrogens is 2. The average Bonchev–Trinajstić information content (AvgIpc) is 2.80. The van der Waals surface area contributed by atoms with Gasteiger partial charge in [-0.2, -0.15) is 13.2 Å². The Morgan fingerprint density at radius 1 is 1.28 bits per heavy atom. The van der Waals surface area contributed by atoms with Crippen LogP contribution in [0, 0.1) is 18.3 Å². The third-order valence-electron chi connectivity index (χ3n) is 5.86. The Morgan fingerprint density at radius 2 is 2.00 bits per heavy atom. The van der Waals surface area contributed by atoms with E-state index in [0.29, 0.717) is 17.6 Å². The van der Waals surface area contributed by atoms with Crippen molar-refractivity contribution < 1.29 is 26.7 Å². The molecule has 0 bridgehead atoms. The highest BCUT2D eigenvalue weighted by atomic mass is 19.4. The lowest BCUT2D eigenvalue weighted by molar-refractivity contribution is -0.145. The molecule has 3 N–H and O–H groups in total. The second-order valence-electron chi connectivity index (χ2n) is 8.73. The Labute approximate surface area is 205 Å². The molecule has 2 atom stereocenters. The molecule has 3 heterocycles. The Morgan fingerprint density at radius 3 is 2.58 bits per heavy atom. The molecule has 1 aliphatic rings. The number of rotatable bonds is 7. The number of nitrogens with one attached hydrogen (secondary N) is 3. The van der Waals surface area contributed by atoms with Crippen molar-refractivity contribution in [3.8, 4) is 0 Å². The Hall–Kier alpha value is -3.57. The van der Waals surface area contributed by atoms with E-state index >= 15 is 0 Å². The van der Waals surface area contributed by atoms with Crippen molar-refractivity contribution in [3.63, 3.8) is 0 Å². The number of pyridine rings is 2. The molecule has 12 heteroatoms. The molecule has 3 rings (SSSR count). The first-order chi connectivity index (χ1) is 16.8. The zero-order valence-electron chi connectivity index (χ0n) is 20.0. The molecule has 7 nitrogen and oxygen atoms in total. The van der Waals surface area contributed by atoms with Crippen LogP contribution in [0.4, 0.5) is 27.8 Å². The normalized spacial score (nSPS) is 20.1. The van der Waals surface area contributed by atoms with E-state index in [2.05, 4.69) is 20.6 Å². The molecule has 0 saturated carbocycles. The standard InChI is InChI=1S/C24H27F5N6O/c1-14-9-23(25,26)13-35(19(14)12-33-20-8-7-16(10-32-20)24(27,28)29)22(36)21(30)17(11-31-3)18-6-4-5-15(2)34-18/h4-8,10-11,14,19,30-31H,9,12-13H2,1-3H3,(H,32,33)/b17-11-,30-21?. The van der Waals surface area contributed by atoms with Crippen molar-refractivity contribution in [1.29, 1.82) is 5.41 Å². The highest BCUT2D eigenvalue weighted by Crippen LogP contribution is 2.35. The molecule has 0 radical (unpaired) electrons. The zero-order valence-corrected chi connectivity index (χ0v) is 20.0. The van der Waals surface area contributed by atoms with Crippen molar-refractivity contribution in [1.82, 2.24) is 20.2 Å². The molecule has 194 valence electrons. The summed E-state index contributed by atoms with van der Waals surface area (Å²) in [6, 6.07) is 6.30. The van der Waals surface area contributed by atoms with E-state index in [-0.39, 0.29) is 17.9 Å². The number of piperidine rings is 1. The van der Waals surface area contributed by atoms with E-state index < -0.39 is 54.2 Å². The quantitative estimate of drug-likeness (QED) is 0.380. The lowest BCUT2D eigenvalue weighted by Gasteiger charge is -2.43. The smallest absolute Gasteiger partial charge is 0.393 e. The van der Waals surface area contributed by atoms with Gasteiger partial charge in [-0.25, -0.2) is 13.8 Å².